The maximum atomic E-state index is 9.67. The van der Waals surface area contributed by atoms with Crippen LogP contribution in [0.3, 0.4) is 0 Å². The molecule has 0 aromatic rings. The van der Waals surface area contributed by atoms with E-state index in [-0.39, 0.29) is 10.9 Å². The van der Waals surface area contributed by atoms with Crippen LogP contribution in [0.15, 0.2) is 0 Å². The highest BCUT2D eigenvalue weighted by Gasteiger charge is 2.11. The summed E-state index contributed by atoms with van der Waals surface area (Å²) in [6.07, 6.45) is 20.4. The molecule has 0 amide bonds. The second kappa shape index (κ2) is 14.4. The zero-order valence-corrected chi connectivity index (χ0v) is 14.1. The Balaban J connectivity index is 3.13. The highest BCUT2D eigenvalue weighted by Crippen LogP contribution is 2.15. The number of hydrogen-bond donors (Lipinski definition) is 1. The summed E-state index contributed by atoms with van der Waals surface area (Å²) in [4.78, 5) is -0.185. The third kappa shape index (κ3) is 12.8. The standard InChI is InChI=1S/C17H31BrO/c1-3-5-6-7-8-9-10-11-12-13-14-15-17(19)16(18)4-2/h2,16-17,19H,3,5-15H2,1H3/t16-,17+/m1/s1. The number of terminal acetylenes is 1. The van der Waals surface area contributed by atoms with Crippen molar-refractivity contribution in [1.82, 2.24) is 0 Å². The minimum atomic E-state index is -0.386. The first kappa shape index (κ1) is 19.0. The van der Waals surface area contributed by atoms with Gasteiger partial charge in [0.25, 0.3) is 0 Å². The smallest absolute Gasteiger partial charge is 0.101 e. The molecule has 0 aliphatic carbocycles. The van der Waals surface area contributed by atoms with Gasteiger partial charge in [0.05, 0.1) is 6.10 Å². The van der Waals surface area contributed by atoms with E-state index in [9.17, 15) is 5.11 Å². The van der Waals surface area contributed by atoms with E-state index in [1.165, 1.54) is 64.2 Å². The van der Waals surface area contributed by atoms with Gasteiger partial charge in [-0.1, -0.05) is 99.4 Å². The van der Waals surface area contributed by atoms with Crippen LogP contribution in [-0.4, -0.2) is 16.0 Å². The van der Waals surface area contributed by atoms with Crippen molar-refractivity contribution in [3.05, 3.63) is 0 Å². The first-order valence-electron chi connectivity index (χ1n) is 8.00. The first-order valence-corrected chi connectivity index (χ1v) is 8.92. The molecule has 0 heterocycles. The molecule has 0 fully saturated rings. The van der Waals surface area contributed by atoms with Crippen LogP contribution in [0.1, 0.15) is 84.0 Å². The Kier molecular flexibility index (Phi) is 14.4. The van der Waals surface area contributed by atoms with Gasteiger partial charge in [-0.2, -0.15) is 0 Å². The molecule has 19 heavy (non-hydrogen) atoms. The van der Waals surface area contributed by atoms with E-state index in [1.54, 1.807) is 0 Å². The fraction of sp³-hybridized carbons (Fsp3) is 0.882. The normalized spacial score (nSPS) is 14.0. The molecule has 0 rings (SSSR count). The molecule has 0 radical (unpaired) electrons. The molecular formula is C17H31BrO. The Bertz CT molecular complexity index is 222. The Labute approximate surface area is 128 Å². The number of aliphatic hydroxyl groups is 1. The number of unbranched alkanes of at least 4 members (excludes halogenated alkanes) is 10. The van der Waals surface area contributed by atoms with E-state index in [1.807, 2.05) is 0 Å². The van der Waals surface area contributed by atoms with Crippen LogP contribution < -0.4 is 0 Å². The van der Waals surface area contributed by atoms with Crippen LogP contribution in [0.4, 0.5) is 0 Å². The fourth-order valence-electron chi connectivity index (χ4n) is 2.28. The van der Waals surface area contributed by atoms with Gasteiger partial charge in [0.2, 0.25) is 0 Å². The van der Waals surface area contributed by atoms with Crippen LogP contribution in [0.2, 0.25) is 0 Å². The summed E-state index contributed by atoms with van der Waals surface area (Å²) in [7, 11) is 0. The molecule has 0 spiro atoms. The molecule has 0 saturated heterocycles. The maximum Gasteiger partial charge on any atom is 0.101 e. The minimum absolute atomic E-state index is 0.185. The molecule has 0 aromatic carbocycles. The van der Waals surface area contributed by atoms with Crippen molar-refractivity contribution < 1.29 is 5.11 Å². The summed E-state index contributed by atoms with van der Waals surface area (Å²) in [5.41, 5.74) is 0. The van der Waals surface area contributed by atoms with Gasteiger partial charge in [0.1, 0.15) is 4.83 Å². The Morgan fingerprint density at radius 3 is 1.74 bits per heavy atom. The number of alkyl halides is 1. The van der Waals surface area contributed by atoms with Crippen molar-refractivity contribution in [2.24, 2.45) is 0 Å². The van der Waals surface area contributed by atoms with E-state index in [4.69, 9.17) is 6.42 Å². The molecule has 0 bridgehead atoms. The van der Waals surface area contributed by atoms with Crippen molar-refractivity contribution in [3.8, 4) is 12.3 Å². The van der Waals surface area contributed by atoms with Gasteiger partial charge in [-0.3, -0.25) is 0 Å². The largest absolute Gasteiger partial charge is 0.391 e. The second-order valence-electron chi connectivity index (χ2n) is 5.46. The monoisotopic (exact) mass is 330 g/mol. The van der Waals surface area contributed by atoms with Crippen molar-refractivity contribution in [3.63, 3.8) is 0 Å². The Morgan fingerprint density at radius 2 is 1.32 bits per heavy atom. The minimum Gasteiger partial charge on any atom is -0.391 e. The molecule has 0 saturated carbocycles. The van der Waals surface area contributed by atoms with Gasteiger partial charge >= 0.3 is 0 Å². The van der Waals surface area contributed by atoms with Gasteiger partial charge in [-0.15, -0.1) is 6.42 Å². The summed E-state index contributed by atoms with van der Waals surface area (Å²) < 4.78 is 0. The third-order valence-corrected chi connectivity index (χ3v) is 4.48. The first-order chi connectivity index (χ1) is 9.22. The van der Waals surface area contributed by atoms with Gasteiger partial charge in [0.15, 0.2) is 0 Å². The van der Waals surface area contributed by atoms with Crippen LogP contribution in [0, 0.1) is 12.3 Å². The van der Waals surface area contributed by atoms with Crippen molar-refractivity contribution >= 4 is 15.9 Å². The molecule has 1 N–H and O–H groups in total. The van der Waals surface area contributed by atoms with Crippen molar-refractivity contribution in [2.45, 2.75) is 94.9 Å². The number of halogens is 1. The molecule has 1 nitrogen and oxygen atoms in total. The number of rotatable bonds is 13. The molecule has 2 heteroatoms. The van der Waals surface area contributed by atoms with Crippen LogP contribution in [0.25, 0.3) is 0 Å². The molecule has 2 atom stereocenters. The predicted molar refractivity (Wildman–Crippen MR) is 88.6 cm³/mol. The van der Waals surface area contributed by atoms with Gasteiger partial charge in [-0.25, -0.2) is 0 Å². The van der Waals surface area contributed by atoms with E-state index < -0.39 is 0 Å². The summed E-state index contributed by atoms with van der Waals surface area (Å²) in [5, 5.41) is 9.67. The van der Waals surface area contributed by atoms with Gasteiger partial charge in [-0.05, 0) is 6.42 Å². The summed E-state index contributed by atoms with van der Waals surface area (Å²) in [6, 6.07) is 0. The highest BCUT2D eigenvalue weighted by molar-refractivity contribution is 9.09. The van der Waals surface area contributed by atoms with Crippen LogP contribution in [-0.2, 0) is 0 Å². The number of hydrogen-bond acceptors (Lipinski definition) is 1. The van der Waals surface area contributed by atoms with Crippen molar-refractivity contribution in [1.29, 1.82) is 0 Å². The quantitative estimate of drug-likeness (QED) is 0.270. The molecule has 0 aromatic heterocycles. The predicted octanol–water partition coefficient (Wildman–Crippen LogP) is 5.45. The van der Waals surface area contributed by atoms with Gasteiger partial charge < -0.3 is 5.11 Å². The number of aliphatic hydroxyl groups excluding tert-OH is 1. The van der Waals surface area contributed by atoms with Crippen LogP contribution in [0.5, 0.6) is 0 Å². The van der Waals surface area contributed by atoms with E-state index in [2.05, 4.69) is 28.8 Å². The molecule has 0 aliphatic heterocycles. The lowest BCUT2D eigenvalue weighted by Crippen LogP contribution is -2.18. The topological polar surface area (TPSA) is 20.2 Å². The summed E-state index contributed by atoms with van der Waals surface area (Å²) >= 11 is 3.29. The van der Waals surface area contributed by atoms with E-state index >= 15 is 0 Å². The summed E-state index contributed by atoms with van der Waals surface area (Å²) in [5.74, 6) is 2.52. The molecule has 112 valence electrons. The average Bonchev–Trinajstić information content (AvgIpc) is 2.43. The second-order valence-corrected chi connectivity index (χ2v) is 6.45. The maximum absolute atomic E-state index is 9.67. The van der Waals surface area contributed by atoms with Gasteiger partial charge in [0, 0.05) is 0 Å². The average molecular weight is 331 g/mol. The lowest BCUT2D eigenvalue weighted by molar-refractivity contribution is 0.172. The Hall–Kier alpha value is -0.0000000000000000208. The van der Waals surface area contributed by atoms with E-state index in [0.29, 0.717) is 0 Å². The molecular weight excluding hydrogens is 300 g/mol. The third-order valence-electron chi connectivity index (χ3n) is 3.60. The Morgan fingerprint density at radius 1 is 0.895 bits per heavy atom. The molecule has 0 aliphatic rings. The lowest BCUT2D eigenvalue weighted by atomic mass is 10.0. The highest BCUT2D eigenvalue weighted by atomic mass is 79.9. The fourth-order valence-corrected chi connectivity index (χ4v) is 2.54. The molecule has 0 unspecified atom stereocenters. The SMILES string of the molecule is C#C[C@@H](Br)[C@@H](O)CCCCCCCCCCCCC. The summed E-state index contributed by atoms with van der Waals surface area (Å²) in [6.45, 7) is 2.26. The van der Waals surface area contributed by atoms with Crippen LogP contribution >= 0.6 is 15.9 Å². The van der Waals surface area contributed by atoms with E-state index in [0.717, 1.165) is 12.8 Å². The zero-order chi connectivity index (χ0) is 14.3. The zero-order valence-electron chi connectivity index (χ0n) is 12.5. The van der Waals surface area contributed by atoms with Crippen molar-refractivity contribution in [2.75, 3.05) is 0 Å². The lowest BCUT2D eigenvalue weighted by Gasteiger charge is -2.11.